The quantitative estimate of drug-likeness (QED) is 0.608. The second kappa shape index (κ2) is 6.09. The highest BCUT2D eigenvalue weighted by Crippen LogP contribution is 2.24. The zero-order chi connectivity index (χ0) is 16.4. The summed E-state index contributed by atoms with van der Waals surface area (Å²) in [4.78, 5) is 48.1. The normalized spacial score (nSPS) is 14.8. The first kappa shape index (κ1) is 15.9. The SMILES string of the molecule is CC(=O)C(C)OC(=O)CCN1C(=O)c2ccc(C)cc2C1=O. The monoisotopic (exact) mass is 303 g/mol. The van der Waals surface area contributed by atoms with Crippen LogP contribution in [0.15, 0.2) is 18.2 Å². The Morgan fingerprint density at radius 2 is 1.82 bits per heavy atom. The van der Waals surface area contributed by atoms with Gasteiger partial charge in [-0.3, -0.25) is 24.1 Å². The molecule has 22 heavy (non-hydrogen) atoms. The van der Waals surface area contributed by atoms with Gasteiger partial charge in [0.05, 0.1) is 17.5 Å². The van der Waals surface area contributed by atoms with Crippen molar-refractivity contribution < 1.29 is 23.9 Å². The van der Waals surface area contributed by atoms with Gasteiger partial charge in [-0.1, -0.05) is 11.6 Å². The van der Waals surface area contributed by atoms with Crippen molar-refractivity contribution in [2.75, 3.05) is 6.54 Å². The molecule has 0 fully saturated rings. The minimum Gasteiger partial charge on any atom is -0.455 e. The number of imide groups is 1. The van der Waals surface area contributed by atoms with Gasteiger partial charge in [-0.05, 0) is 32.9 Å². The second-order valence-electron chi connectivity index (χ2n) is 5.30. The molecule has 1 aliphatic heterocycles. The highest BCUT2D eigenvalue weighted by Gasteiger charge is 2.35. The molecule has 1 aliphatic rings. The zero-order valence-corrected chi connectivity index (χ0v) is 12.7. The van der Waals surface area contributed by atoms with Crippen LogP contribution in [0, 0.1) is 6.92 Å². The van der Waals surface area contributed by atoms with Gasteiger partial charge in [0.15, 0.2) is 11.9 Å². The maximum Gasteiger partial charge on any atom is 0.308 e. The van der Waals surface area contributed by atoms with Crippen LogP contribution in [-0.4, -0.2) is 41.1 Å². The van der Waals surface area contributed by atoms with E-state index in [0.29, 0.717) is 11.1 Å². The number of aryl methyl sites for hydroxylation is 1. The average molecular weight is 303 g/mol. The second-order valence-corrected chi connectivity index (χ2v) is 5.30. The Morgan fingerprint density at radius 3 is 2.45 bits per heavy atom. The van der Waals surface area contributed by atoms with E-state index in [0.717, 1.165) is 10.5 Å². The van der Waals surface area contributed by atoms with Crippen LogP contribution in [0.1, 0.15) is 46.5 Å². The topological polar surface area (TPSA) is 80.8 Å². The molecule has 0 saturated heterocycles. The molecule has 6 nitrogen and oxygen atoms in total. The summed E-state index contributed by atoms with van der Waals surface area (Å²) in [6.45, 7) is 4.57. The number of hydrogen-bond donors (Lipinski definition) is 0. The zero-order valence-electron chi connectivity index (χ0n) is 12.7. The van der Waals surface area contributed by atoms with E-state index >= 15 is 0 Å². The van der Waals surface area contributed by atoms with E-state index in [-0.39, 0.29) is 18.7 Å². The summed E-state index contributed by atoms with van der Waals surface area (Å²) in [7, 11) is 0. The summed E-state index contributed by atoms with van der Waals surface area (Å²) < 4.78 is 4.90. The lowest BCUT2D eigenvalue weighted by Gasteiger charge is -2.14. The van der Waals surface area contributed by atoms with Crippen molar-refractivity contribution in [2.45, 2.75) is 33.3 Å². The third kappa shape index (κ3) is 3.05. The van der Waals surface area contributed by atoms with Crippen LogP contribution in [0.25, 0.3) is 0 Å². The molecule has 1 aromatic rings. The molecule has 1 unspecified atom stereocenters. The number of Topliss-reactive ketones (excluding diaryl/α,β-unsaturated/α-hetero) is 1. The first-order chi connectivity index (χ1) is 10.3. The van der Waals surface area contributed by atoms with Gasteiger partial charge in [-0.2, -0.15) is 0 Å². The van der Waals surface area contributed by atoms with Crippen molar-refractivity contribution in [3.63, 3.8) is 0 Å². The predicted octanol–water partition coefficient (Wildman–Crippen LogP) is 1.50. The summed E-state index contributed by atoms with van der Waals surface area (Å²) in [5, 5.41) is 0. The number of amides is 2. The van der Waals surface area contributed by atoms with Gasteiger partial charge < -0.3 is 4.74 Å². The van der Waals surface area contributed by atoms with Crippen LogP contribution in [0.3, 0.4) is 0 Å². The molecule has 6 heteroatoms. The smallest absolute Gasteiger partial charge is 0.308 e. The molecule has 0 spiro atoms. The molecule has 116 valence electrons. The number of nitrogens with zero attached hydrogens (tertiary/aromatic N) is 1. The molecule has 1 aromatic carbocycles. The number of ketones is 1. The Bertz CT molecular complexity index is 665. The van der Waals surface area contributed by atoms with Gasteiger partial charge in [0.1, 0.15) is 0 Å². The highest BCUT2D eigenvalue weighted by atomic mass is 16.5. The van der Waals surface area contributed by atoms with E-state index in [2.05, 4.69) is 0 Å². The van der Waals surface area contributed by atoms with Crippen molar-refractivity contribution in [1.29, 1.82) is 0 Å². The Balaban J connectivity index is 2.01. The van der Waals surface area contributed by atoms with E-state index in [1.165, 1.54) is 13.8 Å². The molecule has 0 radical (unpaired) electrons. The highest BCUT2D eigenvalue weighted by molar-refractivity contribution is 6.21. The fourth-order valence-corrected chi connectivity index (χ4v) is 2.15. The largest absolute Gasteiger partial charge is 0.455 e. The van der Waals surface area contributed by atoms with E-state index in [1.807, 2.05) is 6.92 Å². The molecule has 2 rings (SSSR count). The molecule has 0 saturated carbocycles. The van der Waals surface area contributed by atoms with Crippen LogP contribution in [0.4, 0.5) is 0 Å². The van der Waals surface area contributed by atoms with E-state index < -0.39 is 23.9 Å². The number of carbonyl (C=O) groups is 4. The van der Waals surface area contributed by atoms with Gasteiger partial charge in [0.2, 0.25) is 0 Å². The van der Waals surface area contributed by atoms with Crippen molar-refractivity contribution in [3.8, 4) is 0 Å². The molecule has 0 N–H and O–H groups in total. The standard InChI is InChI=1S/C16H17NO5/c1-9-4-5-12-13(8-9)16(21)17(15(12)20)7-6-14(19)22-11(3)10(2)18/h4-5,8,11H,6-7H2,1-3H3. The number of ether oxygens (including phenoxy) is 1. The minimum atomic E-state index is -0.822. The summed E-state index contributed by atoms with van der Waals surface area (Å²) in [6.07, 6.45) is -0.959. The lowest BCUT2D eigenvalue weighted by atomic mass is 10.1. The van der Waals surface area contributed by atoms with Crippen molar-refractivity contribution in [3.05, 3.63) is 34.9 Å². The minimum absolute atomic E-state index is 0.0607. The van der Waals surface area contributed by atoms with Gasteiger partial charge in [-0.25, -0.2) is 0 Å². The molecule has 2 amide bonds. The summed E-state index contributed by atoms with van der Waals surface area (Å²) in [5.41, 5.74) is 1.59. The van der Waals surface area contributed by atoms with Gasteiger partial charge in [-0.15, -0.1) is 0 Å². The van der Waals surface area contributed by atoms with Crippen molar-refractivity contribution >= 4 is 23.6 Å². The lowest BCUT2D eigenvalue weighted by Crippen LogP contribution is -2.33. The molecular weight excluding hydrogens is 286 g/mol. The predicted molar refractivity (Wildman–Crippen MR) is 77.4 cm³/mol. The molecule has 0 aromatic heterocycles. The summed E-state index contributed by atoms with van der Waals surface area (Å²) >= 11 is 0. The van der Waals surface area contributed by atoms with Gasteiger partial charge in [0, 0.05) is 6.54 Å². The average Bonchev–Trinajstić information content (AvgIpc) is 2.68. The van der Waals surface area contributed by atoms with Crippen LogP contribution in [-0.2, 0) is 14.3 Å². The first-order valence-corrected chi connectivity index (χ1v) is 6.98. The maximum atomic E-state index is 12.2. The molecular formula is C16H17NO5. The first-order valence-electron chi connectivity index (χ1n) is 6.98. The number of carbonyl (C=O) groups excluding carboxylic acids is 4. The van der Waals surface area contributed by atoms with Gasteiger partial charge >= 0.3 is 5.97 Å². The fraction of sp³-hybridized carbons (Fsp3) is 0.375. The maximum absolute atomic E-state index is 12.2. The van der Waals surface area contributed by atoms with Crippen molar-refractivity contribution in [1.82, 2.24) is 4.90 Å². The van der Waals surface area contributed by atoms with Crippen LogP contribution < -0.4 is 0 Å². The Labute approximate surface area is 128 Å². The Kier molecular flexibility index (Phi) is 4.40. The number of rotatable bonds is 5. The molecule has 0 bridgehead atoms. The summed E-state index contributed by atoms with van der Waals surface area (Å²) in [6, 6.07) is 5.03. The van der Waals surface area contributed by atoms with Crippen molar-refractivity contribution in [2.24, 2.45) is 0 Å². The number of fused-ring (bicyclic) bond motifs is 1. The van der Waals surface area contributed by atoms with E-state index in [1.54, 1.807) is 18.2 Å². The van der Waals surface area contributed by atoms with Crippen LogP contribution >= 0.6 is 0 Å². The number of benzene rings is 1. The van der Waals surface area contributed by atoms with Crippen LogP contribution in [0.2, 0.25) is 0 Å². The lowest BCUT2D eigenvalue weighted by molar-refractivity contribution is -0.153. The molecule has 1 heterocycles. The Hall–Kier alpha value is -2.50. The number of hydrogen-bond acceptors (Lipinski definition) is 5. The van der Waals surface area contributed by atoms with E-state index in [4.69, 9.17) is 4.74 Å². The van der Waals surface area contributed by atoms with Gasteiger partial charge in [0.25, 0.3) is 11.8 Å². The van der Waals surface area contributed by atoms with Crippen LogP contribution in [0.5, 0.6) is 0 Å². The third-order valence-electron chi connectivity index (χ3n) is 3.55. The summed E-state index contributed by atoms with van der Waals surface area (Å²) in [5.74, 6) is -1.69. The Morgan fingerprint density at radius 1 is 1.18 bits per heavy atom. The van der Waals surface area contributed by atoms with E-state index in [9.17, 15) is 19.2 Å². The molecule has 1 atom stereocenters. The third-order valence-corrected chi connectivity index (χ3v) is 3.55. The number of esters is 1. The fourth-order valence-electron chi connectivity index (χ4n) is 2.15. The molecule has 0 aliphatic carbocycles.